The molecule has 1 aliphatic rings. The number of anilines is 1. The van der Waals surface area contributed by atoms with Crippen LogP contribution in [0.5, 0.6) is 17.2 Å². The molecule has 2 aromatic rings. The number of nitrogens with zero attached hydrogens (tertiary/aromatic N) is 1. The summed E-state index contributed by atoms with van der Waals surface area (Å²) in [6.07, 6.45) is -4.86. The van der Waals surface area contributed by atoms with Gasteiger partial charge >= 0.3 is 6.36 Å². The minimum atomic E-state index is -4.86. The molecule has 2 aromatic carbocycles. The number of methoxy groups -OCH3 is 2. The predicted molar refractivity (Wildman–Crippen MR) is 110 cm³/mol. The lowest BCUT2D eigenvalue weighted by Crippen LogP contribution is -2.38. The van der Waals surface area contributed by atoms with Gasteiger partial charge in [0.1, 0.15) is 11.4 Å². The number of amides is 2. The second kappa shape index (κ2) is 8.81. The zero-order chi connectivity index (χ0) is 23.6. The van der Waals surface area contributed by atoms with E-state index in [0.717, 1.165) is 17.0 Å². The molecule has 0 bridgehead atoms. The van der Waals surface area contributed by atoms with Crippen LogP contribution in [0.25, 0.3) is 5.57 Å². The molecule has 0 aromatic heterocycles. The van der Waals surface area contributed by atoms with E-state index in [9.17, 15) is 22.8 Å². The van der Waals surface area contributed by atoms with Gasteiger partial charge in [-0.05, 0) is 43.7 Å². The molecule has 10 heteroatoms. The van der Waals surface area contributed by atoms with Crippen molar-refractivity contribution in [1.29, 1.82) is 0 Å². The van der Waals surface area contributed by atoms with Crippen LogP contribution in [0, 0.1) is 0 Å². The fourth-order valence-corrected chi connectivity index (χ4v) is 3.31. The molecule has 0 saturated heterocycles. The summed E-state index contributed by atoms with van der Waals surface area (Å²) in [5.41, 5.74) is 0.521. The van der Waals surface area contributed by atoms with Crippen LogP contribution in [-0.4, -0.2) is 43.3 Å². The van der Waals surface area contributed by atoms with Crippen LogP contribution in [0.1, 0.15) is 19.4 Å². The van der Waals surface area contributed by atoms with Gasteiger partial charge in [-0.1, -0.05) is 12.1 Å². The van der Waals surface area contributed by atoms with Gasteiger partial charge in [-0.15, -0.1) is 13.2 Å². The lowest BCUT2D eigenvalue weighted by atomic mass is 10.0. The van der Waals surface area contributed by atoms with E-state index in [-0.39, 0.29) is 17.0 Å². The molecule has 170 valence electrons. The number of halogens is 3. The van der Waals surface area contributed by atoms with Gasteiger partial charge in [-0.25, -0.2) is 0 Å². The molecule has 1 heterocycles. The van der Waals surface area contributed by atoms with Crippen LogP contribution < -0.4 is 19.5 Å². The summed E-state index contributed by atoms with van der Waals surface area (Å²) < 4.78 is 52.1. The van der Waals surface area contributed by atoms with Crippen molar-refractivity contribution in [2.24, 2.45) is 0 Å². The van der Waals surface area contributed by atoms with E-state index in [1.165, 1.54) is 26.4 Å². The number of carbonyl (C=O) groups is 2. The average molecular weight is 450 g/mol. The van der Waals surface area contributed by atoms with Crippen molar-refractivity contribution in [3.05, 3.63) is 53.7 Å². The topological polar surface area (TPSA) is 77.1 Å². The van der Waals surface area contributed by atoms with Crippen LogP contribution in [0.3, 0.4) is 0 Å². The van der Waals surface area contributed by atoms with Crippen molar-refractivity contribution in [2.75, 3.05) is 19.5 Å². The predicted octanol–water partition coefficient (Wildman–Crippen LogP) is 4.20. The highest BCUT2D eigenvalue weighted by molar-refractivity contribution is 6.36. The van der Waals surface area contributed by atoms with Crippen LogP contribution >= 0.6 is 0 Å². The maximum atomic E-state index is 13.1. The van der Waals surface area contributed by atoms with Crippen LogP contribution in [-0.2, 0) is 9.59 Å². The van der Waals surface area contributed by atoms with Gasteiger partial charge < -0.3 is 19.5 Å². The van der Waals surface area contributed by atoms with E-state index in [1.807, 2.05) is 0 Å². The van der Waals surface area contributed by atoms with E-state index < -0.39 is 30.0 Å². The fourth-order valence-electron chi connectivity index (χ4n) is 3.31. The third-order valence-electron chi connectivity index (χ3n) is 4.64. The van der Waals surface area contributed by atoms with E-state index in [2.05, 4.69) is 10.1 Å². The molecule has 0 aliphatic carbocycles. The SMILES string of the molecule is COc1ccc(C2=C(Nc3cccc(OC(F)(F)F)c3)C(=O)N(C(C)C)C2=O)cc1OC. The quantitative estimate of drug-likeness (QED) is 0.637. The summed E-state index contributed by atoms with van der Waals surface area (Å²) in [4.78, 5) is 27.3. The van der Waals surface area contributed by atoms with Crippen LogP contribution in [0.4, 0.5) is 18.9 Å². The van der Waals surface area contributed by atoms with Gasteiger partial charge in [0.25, 0.3) is 11.8 Å². The van der Waals surface area contributed by atoms with Crippen molar-refractivity contribution in [3.8, 4) is 17.2 Å². The Kier molecular flexibility index (Phi) is 6.33. The number of hydrogen-bond donors (Lipinski definition) is 1. The normalized spacial score (nSPS) is 14.3. The Morgan fingerprint density at radius 1 is 0.938 bits per heavy atom. The van der Waals surface area contributed by atoms with Gasteiger partial charge in [0.2, 0.25) is 0 Å². The van der Waals surface area contributed by atoms with Crippen molar-refractivity contribution in [3.63, 3.8) is 0 Å². The summed E-state index contributed by atoms with van der Waals surface area (Å²) >= 11 is 0. The van der Waals surface area contributed by atoms with Gasteiger partial charge in [-0.3, -0.25) is 14.5 Å². The third-order valence-corrected chi connectivity index (χ3v) is 4.64. The highest BCUT2D eigenvalue weighted by Crippen LogP contribution is 2.36. The number of alkyl halides is 3. The molecule has 2 amide bonds. The number of nitrogens with one attached hydrogen (secondary N) is 1. The average Bonchev–Trinajstić information content (AvgIpc) is 2.96. The molecule has 32 heavy (non-hydrogen) atoms. The Balaban J connectivity index is 2.08. The lowest BCUT2D eigenvalue weighted by molar-refractivity contribution is -0.274. The maximum absolute atomic E-state index is 13.1. The maximum Gasteiger partial charge on any atom is 0.573 e. The Morgan fingerprint density at radius 2 is 1.62 bits per heavy atom. The molecule has 1 aliphatic heterocycles. The highest BCUT2D eigenvalue weighted by Gasteiger charge is 2.41. The number of benzene rings is 2. The number of rotatable bonds is 7. The van der Waals surface area contributed by atoms with Gasteiger partial charge in [0, 0.05) is 17.8 Å². The van der Waals surface area contributed by atoms with Gasteiger partial charge in [0.15, 0.2) is 11.5 Å². The molecule has 0 unspecified atom stereocenters. The first-order chi connectivity index (χ1) is 15.1. The van der Waals surface area contributed by atoms with E-state index >= 15 is 0 Å². The Bertz CT molecular complexity index is 1080. The summed E-state index contributed by atoms with van der Waals surface area (Å²) in [5, 5.41) is 2.79. The molecular weight excluding hydrogens is 429 g/mol. The van der Waals surface area contributed by atoms with Crippen molar-refractivity contribution in [1.82, 2.24) is 4.90 Å². The number of hydrogen-bond acceptors (Lipinski definition) is 6. The van der Waals surface area contributed by atoms with Crippen LogP contribution in [0.15, 0.2) is 48.2 Å². The summed E-state index contributed by atoms with van der Waals surface area (Å²) in [7, 11) is 2.90. The molecular formula is C22H21F3N2O5. The molecule has 7 nitrogen and oxygen atoms in total. The van der Waals surface area contributed by atoms with Crippen molar-refractivity contribution < 1.29 is 37.0 Å². The van der Waals surface area contributed by atoms with Crippen molar-refractivity contribution in [2.45, 2.75) is 26.3 Å². The second-order valence-electron chi connectivity index (χ2n) is 7.09. The first-order valence-corrected chi connectivity index (χ1v) is 9.53. The third kappa shape index (κ3) is 4.63. The minimum absolute atomic E-state index is 0.0618. The number of ether oxygens (including phenoxy) is 3. The van der Waals surface area contributed by atoms with Gasteiger partial charge in [0.05, 0.1) is 19.8 Å². The zero-order valence-corrected chi connectivity index (χ0v) is 17.7. The molecule has 0 radical (unpaired) electrons. The Morgan fingerprint density at radius 3 is 2.22 bits per heavy atom. The number of imide groups is 1. The first-order valence-electron chi connectivity index (χ1n) is 9.53. The molecule has 3 rings (SSSR count). The van der Waals surface area contributed by atoms with E-state index in [1.54, 1.807) is 32.0 Å². The Hall–Kier alpha value is -3.69. The monoisotopic (exact) mass is 450 g/mol. The molecule has 0 saturated carbocycles. The highest BCUT2D eigenvalue weighted by atomic mass is 19.4. The summed E-state index contributed by atoms with van der Waals surface area (Å²) in [6.45, 7) is 3.37. The summed E-state index contributed by atoms with van der Waals surface area (Å²) in [5.74, 6) is -0.825. The van der Waals surface area contributed by atoms with Crippen molar-refractivity contribution >= 4 is 23.1 Å². The fraction of sp³-hybridized carbons (Fsp3) is 0.273. The lowest BCUT2D eigenvalue weighted by Gasteiger charge is -2.19. The molecule has 0 spiro atoms. The summed E-state index contributed by atoms with van der Waals surface area (Å²) in [6, 6.07) is 9.30. The molecule has 0 fully saturated rings. The van der Waals surface area contributed by atoms with E-state index in [4.69, 9.17) is 9.47 Å². The largest absolute Gasteiger partial charge is 0.573 e. The van der Waals surface area contributed by atoms with Gasteiger partial charge in [-0.2, -0.15) is 0 Å². The van der Waals surface area contributed by atoms with Crippen LogP contribution in [0.2, 0.25) is 0 Å². The first kappa shape index (κ1) is 23.0. The standard InChI is InChI=1S/C22H21F3N2O5/c1-12(2)27-20(28)18(13-8-9-16(30-3)17(10-13)31-4)19(21(27)29)26-14-6-5-7-15(11-14)32-22(23,24)25/h5-12,26H,1-4H3. The van der Waals surface area contributed by atoms with E-state index in [0.29, 0.717) is 17.1 Å². The second-order valence-corrected chi connectivity index (χ2v) is 7.09. The Labute approximate surface area is 182 Å². The zero-order valence-electron chi connectivity index (χ0n) is 17.7. The minimum Gasteiger partial charge on any atom is -0.493 e. The smallest absolute Gasteiger partial charge is 0.493 e. The molecule has 1 N–H and O–H groups in total. The number of carbonyl (C=O) groups excluding carboxylic acids is 2. The molecule has 0 atom stereocenters.